The number of carbonyl (C=O) groups is 2. The fourth-order valence-electron chi connectivity index (χ4n) is 2.15. The minimum absolute atomic E-state index is 0.0668. The highest BCUT2D eigenvalue weighted by molar-refractivity contribution is 8.13. The molecule has 0 radical (unpaired) electrons. The van der Waals surface area contributed by atoms with Gasteiger partial charge >= 0.3 is 0 Å². The van der Waals surface area contributed by atoms with E-state index in [1.165, 1.54) is 36.3 Å². The Balaban J connectivity index is 1.99. The van der Waals surface area contributed by atoms with Crippen molar-refractivity contribution >= 4 is 38.6 Å². The van der Waals surface area contributed by atoms with Gasteiger partial charge in [-0.05, 0) is 60.3 Å². The van der Waals surface area contributed by atoms with Crippen LogP contribution in [0.15, 0.2) is 58.3 Å². The standard InChI is InChI=1S/C19H23N3O5S2/c1-22(2)19(24)28-16-8-6-15(7-9-16)21-18(23)14-4-10-17(11-5-14)29(25,26)20-12-13-27-3/h4-11,20H,12-13H2,1-3H3,(H,21,23). The number of anilines is 1. The molecule has 0 unspecified atom stereocenters. The van der Waals surface area contributed by atoms with Crippen molar-refractivity contribution in [1.82, 2.24) is 9.62 Å². The molecule has 2 rings (SSSR count). The SMILES string of the molecule is COCCNS(=O)(=O)c1ccc(C(=O)Nc2ccc(SC(=O)N(C)C)cc2)cc1. The molecule has 2 N–H and O–H groups in total. The fraction of sp³-hybridized carbons (Fsp3) is 0.263. The van der Waals surface area contributed by atoms with Crippen molar-refractivity contribution in [3.05, 3.63) is 54.1 Å². The highest BCUT2D eigenvalue weighted by Gasteiger charge is 2.14. The van der Waals surface area contributed by atoms with Gasteiger partial charge in [-0.2, -0.15) is 0 Å². The van der Waals surface area contributed by atoms with Crippen LogP contribution in [0.5, 0.6) is 0 Å². The summed E-state index contributed by atoms with van der Waals surface area (Å²) in [4.78, 5) is 26.4. The van der Waals surface area contributed by atoms with Gasteiger partial charge in [-0.15, -0.1) is 0 Å². The minimum Gasteiger partial charge on any atom is -0.383 e. The van der Waals surface area contributed by atoms with Gasteiger partial charge in [0.1, 0.15) is 0 Å². The molecule has 0 spiro atoms. The van der Waals surface area contributed by atoms with Gasteiger partial charge in [0, 0.05) is 43.9 Å². The molecule has 0 aliphatic carbocycles. The van der Waals surface area contributed by atoms with Crippen LogP contribution >= 0.6 is 11.8 Å². The van der Waals surface area contributed by atoms with E-state index < -0.39 is 10.0 Å². The number of nitrogens with zero attached hydrogens (tertiary/aromatic N) is 1. The average Bonchev–Trinajstić information content (AvgIpc) is 2.69. The second-order valence-corrected chi connectivity index (χ2v) is 8.95. The first-order valence-corrected chi connectivity index (χ1v) is 10.9. The summed E-state index contributed by atoms with van der Waals surface area (Å²) in [5.41, 5.74) is 0.886. The molecule has 0 aromatic heterocycles. The lowest BCUT2D eigenvalue weighted by Crippen LogP contribution is -2.27. The van der Waals surface area contributed by atoms with Crippen molar-refractivity contribution in [3.8, 4) is 0 Å². The Bertz CT molecular complexity index is 943. The van der Waals surface area contributed by atoms with Crippen LogP contribution in [0, 0.1) is 0 Å². The largest absolute Gasteiger partial charge is 0.383 e. The van der Waals surface area contributed by atoms with E-state index in [9.17, 15) is 18.0 Å². The van der Waals surface area contributed by atoms with Crippen molar-refractivity contribution in [2.45, 2.75) is 9.79 Å². The number of thioether (sulfide) groups is 1. The van der Waals surface area contributed by atoms with Gasteiger partial charge in [-0.3, -0.25) is 9.59 Å². The van der Waals surface area contributed by atoms with Crippen LogP contribution in [0.4, 0.5) is 10.5 Å². The number of carbonyl (C=O) groups excluding carboxylic acids is 2. The Morgan fingerprint density at radius 1 is 1.03 bits per heavy atom. The topological polar surface area (TPSA) is 105 Å². The van der Waals surface area contributed by atoms with Crippen LogP contribution in [-0.2, 0) is 14.8 Å². The third-order valence-corrected chi connectivity index (χ3v) is 6.23. The maximum absolute atomic E-state index is 12.4. The van der Waals surface area contributed by atoms with Gasteiger partial charge in [0.05, 0.1) is 11.5 Å². The van der Waals surface area contributed by atoms with Crippen molar-refractivity contribution < 1.29 is 22.7 Å². The Morgan fingerprint density at radius 2 is 1.66 bits per heavy atom. The zero-order chi connectivity index (χ0) is 21.4. The molecule has 2 aromatic carbocycles. The Labute approximate surface area is 174 Å². The van der Waals surface area contributed by atoms with Crippen LogP contribution in [0.25, 0.3) is 0 Å². The number of benzene rings is 2. The molecule has 8 nitrogen and oxygen atoms in total. The third-order valence-electron chi connectivity index (χ3n) is 3.71. The van der Waals surface area contributed by atoms with E-state index in [1.54, 1.807) is 38.4 Å². The number of ether oxygens (including phenoxy) is 1. The average molecular weight is 438 g/mol. The second kappa shape index (κ2) is 10.4. The van der Waals surface area contributed by atoms with Crippen LogP contribution in [0.3, 0.4) is 0 Å². The number of rotatable bonds is 8. The number of hydrogen-bond acceptors (Lipinski definition) is 6. The zero-order valence-corrected chi connectivity index (χ0v) is 18.0. The summed E-state index contributed by atoms with van der Waals surface area (Å²) in [6, 6.07) is 12.5. The summed E-state index contributed by atoms with van der Waals surface area (Å²) in [6.07, 6.45) is 0. The van der Waals surface area contributed by atoms with Crippen LogP contribution in [-0.4, -0.2) is 58.8 Å². The molecule has 0 fully saturated rings. The quantitative estimate of drug-likeness (QED) is 0.486. The minimum atomic E-state index is -3.65. The predicted octanol–water partition coefficient (Wildman–Crippen LogP) is 2.64. The first kappa shape index (κ1) is 22.9. The molecular formula is C19H23N3O5S2. The van der Waals surface area contributed by atoms with E-state index >= 15 is 0 Å². The Hall–Kier alpha value is -2.40. The highest BCUT2D eigenvalue weighted by atomic mass is 32.2. The molecule has 0 aliphatic rings. The molecular weight excluding hydrogens is 414 g/mol. The number of hydrogen-bond donors (Lipinski definition) is 2. The van der Waals surface area contributed by atoms with E-state index in [1.807, 2.05) is 0 Å². The molecule has 0 heterocycles. The highest BCUT2D eigenvalue weighted by Crippen LogP contribution is 2.22. The summed E-state index contributed by atoms with van der Waals surface area (Å²) in [5.74, 6) is -0.369. The van der Waals surface area contributed by atoms with E-state index in [-0.39, 0.29) is 29.2 Å². The number of amides is 2. The Morgan fingerprint density at radius 3 is 2.21 bits per heavy atom. The molecule has 2 aromatic rings. The number of nitrogens with one attached hydrogen (secondary N) is 2. The first-order valence-electron chi connectivity index (χ1n) is 8.62. The summed E-state index contributed by atoms with van der Waals surface area (Å²) >= 11 is 1.09. The van der Waals surface area contributed by atoms with Gasteiger partial charge in [0.2, 0.25) is 10.0 Å². The lowest BCUT2D eigenvalue weighted by atomic mass is 10.2. The summed E-state index contributed by atoms with van der Waals surface area (Å²) in [5, 5.41) is 2.65. The summed E-state index contributed by atoms with van der Waals surface area (Å²) in [7, 11) is 1.19. The normalized spacial score (nSPS) is 11.1. The smallest absolute Gasteiger partial charge is 0.285 e. The molecule has 0 bridgehead atoms. The van der Waals surface area contributed by atoms with Gasteiger partial charge in [0.25, 0.3) is 11.1 Å². The van der Waals surface area contributed by atoms with E-state index in [0.717, 1.165) is 16.7 Å². The predicted molar refractivity (Wildman–Crippen MR) is 113 cm³/mol. The van der Waals surface area contributed by atoms with Crippen LogP contribution < -0.4 is 10.0 Å². The third kappa shape index (κ3) is 6.86. The maximum Gasteiger partial charge on any atom is 0.285 e. The van der Waals surface area contributed by atoms with Crippen molar-refractivity contribution in [2.75, 3.05) is 39.7 Å². The molecule has 0 saturated carbocycles. The van der Waals surface area contributed by atoms with E-state index in [4.69, 9.17) is 4.74 Å². The summed E-state index contributed by atoms with van der Waals surface area (Å²) in [6.45, 7) is 0.426. The van der Waals surface area contributed by atoms with Crippen LogP contribution in [0.1, 0.15) is 10.4 Å². The van der Waals surface area contributed by atoms with Crippen LogP contribution in [0.2, 0.25) is 0 Å². The lowest BCUT2D eigenvalue weighted by Gasteiger charge is -2.10. The van der Waals surface area contributed by atoms with Gasteiger partial charge in [-0.25, -0.2) is 13.1 Å². The molecule has 156 valence electrons. The number of methoxy groups -OCH3 is 1. The fourth-order valence-corrected chi connectivity index (χ4v) is 3.82. The molecule has 0 saturated heterocycles. The van der Waals surface area contributed by atoms with Gasteiger partial charge < -0.3 is 15.0 Å². The second-order valence-electron chi connectivity index (χ2n) is 6.16. The molecule has 10 heteroatoms. The van der Waals surface area contributed by atoms with Crippen molar-refractivity contribution in [3.63, 3.8) is 0 Å². The van der Waals surface area contributed by atoms with E-state index in [0.29, 0.717) is 11.3 Å². The Kier molecular flexibility index (Phi) is 8.21. The molecule has 0 aliphatic heterocycles. The number of sulfonamides is 1. The zero-order valence-electron chi connectivity index (χ0n) is 16.3. The molecule has 2 amide bonds. The van der Waals surface area contributed by atoms with Crippen molar-refractivity contribution in [2.24, 2.45) is 0 Å². The molecule has 0 atom stereocenters. The summed E-state index contributed by atoms with van der Waals surface area (Å²) < 4.78 is 31.5. The van der Waals surface area contributed by atoms with Gasteiger partial charge in [-0.1, -0.05) is 0 Å². The van der Waals surface area contributed by atoms with E-state index in [2.05, 4.69) is 10.0 Å². The van der Waals surface area contributed by atoms with Crippen molar-refractivity contribution in [1.29, 1.82) is 0 Å². The van der Waals surface area contributed by atoms with Gasteiger partial charge in [0.15, 0.2) is 0 Å². The first-order chi connectivity index (χ1) is 13.7. The molecule has 29 heavy (non-hydrogen) atoms. The maximum atomic E-state index is 12.4. The lowest BCUT2D eigenvalue weighted by molar-refractivity contribution is 0.102. The monoisotopic (exact) mass is 437 g/mol.